The number of imidazole rings is 1. The number of carboxylic acids is 1. The largest absolute Gasteiger partial charge is 0.481 e. The third-order valence-corrected chi connectivity index (χ3v) is 4.05. The molecule has 2 aromatic rings. The van der Waals surface area contributed by atoms with Crippen LogP contribution in [0.15, 0.2) is 23.5 Å². The van der Waals surface area contributed by atoms with E-state index in [-0.39, 0.29) is 11.7 Å². The zero-order valence-corrected chi connectivity index (χ0v) is 13.4. The third-order valence-electron chi connectivity index (χ3n) is 3.11. The van der Waals surface area contributed by atoms with Gasteiger partial charge in [-0.15, -0.1) is 0 Å². The van der Waals surface area contributed by atoms with Crippen LogP contribution in [-0.2, 0) is 4.79 Å². The van der Waals surface area contributed by atoms with Crippen LogP contribution in [0.4, 0.5) is 0 Å². The maximum absolute atomic E-state index is 10.8. The van der Waals surface area contributed by atoms with Gasteiger partial charge < -0.3 is 5.11 Å². The number of carbonyl (C=O) groups is 1. The zero-order valence-electron chi connectivity index (χ0n) is 12.6. The van der Waals surface area contributed by atoms with Crippen molar-refractivity contribution < 1.29 is 9.90 Å². The highest BCUT2D eigenvalue weighted by atomic mass is 32.2. The van der Waals surface area contributed by atoms with Gasteiger partial charge in [0.2, 0.25) is 0 Å². The molecule has 5 nitrogen and oxygen atoms in total. The lowest BCUT2D eigenvalue weighted by molar-refractivity contribution is -0.133. The van der Waals surface area contributed by atoms with E-state index in [1.165, 1.54) is 11.8 Å². The third kappa shape index (κ3) is 3.44. The van der Waals surface area contributed by atoms with Crippen LogP contribution in [0.2, 0.25) is 0 Å². The van der Waals surface area contributed by atoms with Crippen molar-refractivity contribution >= 4 is 17.7 Å². The molecule has 2 aromatic heterocycles. The second-order valence-corrected chi connectivity index (χ2v) is 6.14. The van der Waals surface area contributed by atoms with E-state index < -0.39 is 5.97 Å². The van der Waals surface area contributed by atoms with Crippen molar-refractivity contribution in [3.63, 3.8) is 0 Å². The number of hydrogen-bond acceptors (Lipinski definition) is 4. The Morgan fingerprint density at radius 2 is 2.10 bits per heavy atom. The Morgan fingerprint density at radius 3 is 2.67 bits per heavy atom. The van der Waals surface area contributed by atoms with E-state index in [4.69, 9.17) is 5.11 Å². The van der Waals surface area contributed by atoms with Crippen molar-refractivity contribution in [3.8, 4) is 5.69 Å². The SMILES string of the molecule is Cc1ccc(-n2c(C(C)C)cnc2SCC(=O)O)c(C)n1. The molecule has 0 saturated heterocycles. The van der Waals surface area contributed by atoms with Gasteiger partial charge in [-0.25, -0.2) is 4.98 Å². The molecule has 2 rings (SSSR count). The summed E-state index contributed by atoms with van der Waals surface area (Å²) in [5, 5.41) is 9.56. The summed E-state index contributed by atoms with van der Waals surface area (Å²) in [7, 11) is 0. The normalized spacial score (nSPS) is 11.1. The van der Waals surface area contributed by atoms with Crippen LogP contribution < -0.4 is 0 Å². The first-order chi connectivity index (χ1) is 9.90. The van der Waals surface area contributed by atoms with Crippen LogP contribution in [0.5, 0.6) is 0 Å². The summed E-state index contributed by atoms with van der Waals surface area (Å²) < 4.78 is 2.01. The fourth-order valence-electron chi connectivity index (χ4n) is 2.14. The molecule has 2 heterocycles. The molecule has 0 radical (unpaired) electrons. The van der Waals surface area contributed by atoms with Gasteiger partial charge in [-0.1, -0.05) is 25.6 Å². The van der Waals surface area contributed by atoms with Crippen molar-refractivity contribution in [3.05, 3.63) is 35.4 Å². The average molecular weight is 305 g/mol. The first-order valence-electron chi connectivity index (χ1n) is 6.77. The summed E-state index contributed by atoms with van der Waals surface area (Å²) in [6, 6.07) is 3.97. The van der Waals surface area contributed by atoms with Crippen LogP contribution in [0, 0.1) is 13.8 Å². The molecule has 0 aliphatic heterocycles. The maximum atomic E-state index is 10.8. The number of aromatic nitrogens is 3. The molecule has 0 spiro atoms. The van der Waals surface area contributed by atoms with Gasteiger partial charge in [-0.05, 0) is 31.9 Å². The van der Waals surface area contributed by atoms with Gasteiger partial charge in [-0.2, -0.15) is 0 Å². The number of hydrogen-bond donors (Lipinski definition) is 1. The van der Waals surface area contributed by atoms with Gasteiger partial charge in [0.25, 0.3) is 0 Å². The van der Waals surface area contributed by atoms with Gasteiger partial charge in [-0.3, -0.25) is 14.3 Å². The molecule has 0 fully saturated rings. The van der Waals surface area contributed by atoms with Gasteiger partial charge in [0.15, 0.2) is 5.16 Å². The molecular formula is C15H19N3O2S. The number of nitrogens with zero attached hydrogens (tertiary/aromatic N) is 3. The predicted octanol–water partition coefficient (Wildman–Crippen LogP) is 3.18. The van der Waals surface area contributed by atoms with Gasteiger partial charge in [0.05, 0.1) is 23.3 Å². The number of thioether (sulfide) groups is 1. The molecule has 0 aliphatic rings. The Hall–Kier alpha value is -1.82. The molecule has 0 amide bonds. The number of aliphatic carboxylic acids is 1. The molecule has 0 saturated carbocycles. The van der Waals surface area contributed by atoms with E-state index >= 15 is 0 Å². The average Bonchev–Trinajstić information content (AvgIpc) is 2.80. The highest BCUT2D eigenvalue weighted by Gasteiger charge is 2.17. The van der Waals surface area contributed by atoms with Crippen LogP contribution in [0.3, 0.4) is 0 Å². The molecule has 112 valence electrons. The van der Waals surface area contributed by atoms with E-state index in [0.29, 0.717) is 5.16 Å². The van der Waals surface area contributed by atoms with Crippen LogP contribution in [0.1, 0.15) is 36.8 Å². The highest BCUT2D eigenvalue weighted by molar-refractivity contribution is 7.99. The topological polar surface area (TPSA) is 68.0 Å². The first kappa shape index (κ1) is 15.6. The summed E-state index contributed by atoms with van der Waals surface area (Å²) in [5.41, 5.74) is 3.88. The monoisotopic (exact) mass is 305 g/mol. The summed E-state index contributed by atoms with van der Waals surface area (Å²) in [5.74, 6) is -0.566. The van der Waals surface area contributed by atoms with Crippen molar-refractivity contribution in [2.24, 2.45) is 0 Å². The smallest absolute Gasteiger partial charge is 0.313 e. The molecule has 0 atom stereocenters. The van der Waals surface area contributed by atoms with Gasteiger partial charge in [0.1, 0.15) is 0 Å². The second-order valence-electron chi connectivity index (χ2n) is 5.20. The molecular weight excluding hydrogens is 286 g/mol. The number of rotatable bonds is 5. The van der Waals surface area contributed by atoms with Crippen molar-refractivity contribution in [1.82, 2.24) is 14.5 Å². The lowest BCUT2D eigenvalue weighted by Crippen LogP contribution is -2.08. The summed E-state index contributed by atoms with van der Waals surface area (Å²) in [6.07, 6.45) is 1.81. The quantitative estimate of drug-likeness (QED) is 0.859. The second kappa shape index (κ2) is 6.30. The Bertz CT molecular complexity index is 665. The van der Waals surface area contributed by atoms with E-state index in [1.54, 1.807) is 0 Å². The van der Waals surface area contributed by atoms with E-state index in [9.17, 15) is 4.79 Å². The lowest BCUT2D eigenvalue weighted by atomic mass is 10.1. The predicted molar refractivity (Wildman–Crippen MR) is 83.3 cm³/mol. The molecule has 21 heavy (non-hydrogen) atoms. The molecule has 0 unspecified atom stereocenters. The Balaban J connectivity index is 2.52. The minimum Gasteiger partial charge on any atom is -0.481 e. The molecule has 0 aromatic carbocycles. The van der Waals surface area contributed by atoms with E-state index in [2.05, 4.69) is 23.8 Å². The molecule has 6 heteroatoms. The Labute approximate surface area is 128 Å². The number of carboxylic acid groups (broad SMARTS) is 1. The summed E-state index contributed by atoms with van der Waals surface area (Å²) in [4.78, 5) is 19.7. The van der Waals surface area contributed by atoms with Crippen molar-refractivity contribution in [2.45, 2.75) is 38.8 Å². The Kier molecular flexibility index (Phi) is 4.67. The Morgan fingerprint density at radius 1 is 1.38 bits per heavy atom. The summed E-state index contributed by atoms with van der Waals surface area (Å²) in [6.45, 7) is 8.10. The van der Waals surface area contributed by atoms with Crippen molar-refractivity contribution in [2.75, 3.05) is 5.75 Å². The van der Waals surface area contributed by atoms with Crippen molar-refractivity contribution in [1.29, 1.82) is 0 Å². The van der Waals surface area contributed by atoms with Crippen LogP contribution in [-0.4, -0.2) is 31.4 Å². The number of pyridine rings is 1. The number of aryl methyl sites for hydroxylation is 2. The molecule has 0 bridgehead atoms. The lowest BCUT2D eigenvalue weighted by Gasteiger charge is -2.15. The first-order valence-corrected chi connectivity index (χ1v) is 7.75. The molecule has 1 N–H and O–H groups in total. The fraction of sp³-hybridized carbons (Fsp3) is 0.400. The standard InChI is InChI=1S/C15H19N3O2S/c1-9(2)13-7-16-15(21-8-14(19)20)18(13)12-6-5-10(3)17-11(12)4/h5-7,9H,8H2,1-4H3,(H,19,20). The minimum atomic E-state index is -0.848. The van der Waals surface area contributed by atoms with E-state index in [0.717, 1.165) is 22.8 Å². The summed E-state index contributed by atoms with van der Waals surface area (Å²) >= 11 is 1.23. The van der Waals surface area contributed by atoms with Gasteiger partial charge >= 0.3 is 5.97 Å². The van der Waals surface area contributed by atoms with Gasteiger partial charge in [0, 0.05) is 11.4 Å². The van der Waals surface area contributed by atoms with Crippen LogP contribution >= 0.6 is 11.8 Å². The maximum Gasteiger partial charge on any atom is 0.313 e. The highest BCUT2D eigenvalue weighted by Crippen LogP contribution is 2.28. The minimum absolute atomic E-state index is 0.00706. The van der Waals surface area contributed by atoms with E-state index in [1.807, 2.05) is 36.7 Å². The zero-order chi connectivity index (χ0) is 15.6. The molecule has 0 aliphatic carbocycles. The fourth-order valence-corrected chi connectivity index (χ4v) is 2.85. The van der Waals surface area contributed by atoms with Crippen LogP contribution in [0.25, 0.3) is 5.69 Å².